The number of nitrogens with one attached hydrogen (secondary N) is 1. The largest absolute Gasteiger partial charge is 0.396 e. The van der Waals surface area contributed by atoms with Gasteiger partial charge in [0.1, 0.15) is 0 Å². The van der Waals surface area contributed by atoms with Gasteiger partial charge in [0.2, 0.25) is 0 Å². The molecule has 0 radical (unpaired) electrons. The van der Waals surface area contributed by atoms with Gasteiger partial charge in [0, 0.05) is 12.1 Å². The van der Waals surface area contributed by atoms with Gasteiger partial charge < -0.3 is 10.4 Å². The fourth-order valence-electron chi connectivity index (χ4n) is 1.80. The number of hydrogen-bond donors (Lipinski definition) is 2. The van der Waals surface area contributed by atoms with Crippen LogP contribution in [0.2, 0.25) is 0 Å². The van der Waals surface area contributed by atoms with Gasteiger partial charge in [-0.15, -0.1) is 0 Å². The molecule has 0 aromatic rings. The first-order valence-electron chi connectivity index (χ1n) is 4.63. The molecule has 0 spiro atoms. The van der Waals surface area contributed by atoms with E-state index >= 15 is 0 Å². The fraction of sp³-hybridized carbons (Fsp3) is 1.00. The van der Waals surface area contributed by atoms with E-state index in [2.05, 4.69) is 12.2 Å². The molecule has 1 aliphatic rings. The first-order chi connectivity index (χ1) is 5.27. The number of aliphatic hydroxyl groups excluding tert-OH is 1. The highest BCUT2D eigenvalue weighted by Gasteiger charge is 2.26. The third kappa shape index (κ3) is 2.80. The van der Waals surface area contributed by atoms with Crippen LogP contribution in [-0.4, -0.2) is 23.8 Å². The lowest BCUT2D eigenvalue weighted by Crippen LogP contribution is -2.40. The molecule has 1 fully saturated rings. The SMILES string of the molecule is CC1(NCCCO)CCCC1. The predicted molar refractivity (Wildman–Crippen MR) is 46.6 cm³/mol. The van der Waals surface area contributed by atoms with E-state index in [-0.39, 0.29) is 0 Å². The van der Waals surface area contributed by atoms with Crippen molar-refractivity contribution in [2.24, 2.45) is 0 Å². The highest BCUT2D eigenvalue weighted by molar-refractivity contribution is 4.87. The Balaban J connectivity index is 2.13. The summed E-state index contributed by atoms with van der Waals surface area (Å²) >= 11 is 0. The molecule has 0 aromatic carbocycles. The molecule has 0 bridgehead atoms. The zero-order valence-corrected chi connectivity index (χ0v) is 7.40. The highest BCUT2D eigenvalue weighted by atomic mass is 16.3. The normalized spacial score (nSPS) is 22.4. The summed E-state index contributed by atoms with van der Waals surface area (Å²) in [6, 6.07) is 0. The average molecular weight is 157 g/mol. The van der Waals surface area contributed by atoms with Crippen molar-refractivity contribution in [1.82, 2.24) is 5.32 Å². The minimum atomic E-state index is 0.309. The molecule has 0 aliphatic heterocycles. The van der Waals surface area contributed by atoms with Crippen molar-refractivity contribution in [3.8, 4) is 0 Å². The Hall–Kier alpha value is -0.0800. The van der Waals surface area contributed by atoms with Crippen LogP contribution < -0.4 is 5.32 Å². The van der Waals surface area contributed by atoms with Crippen LogP contribution in [0.15, 0.2) is 0 Å². The lowest BCUT2D eigenvalue weighted by atomic mass is 10.0. The molecule has 0 amide bonds. The smallest absolute Gasteiger partial charge is 0.0443 e. The molecule has 2 nitrogen and oxygen atoms in total. The van der Waals surface area contributed by atoms with Crippen molar-refractivity contribution in [1.29, 1.82) is 0 Å². The number of hydrogen-bond acceptors (Lipinski definition) is 2. The van der Waals surface area contributed by atoms with E-state index in [1.165, 1.54) is 25.7 Å². The van der Waals surface area contributed by atoms with Gasteiger partial charge in [0.05, 0.1) is 0 Å². The third-order valence-corrected chi connectivity index (χ3v) is 2.59. The van der Waals surface area contributed by atoms with Crippen LogP contribution in [0.5, 0.6) is 0 Å². The highest BCUT2D eigenvalue weighted by Crippen LogP contribution is 2.28. The Bertz CT molecular complexity index is 108. The van der Waals surface area contributed by atoms with Crippen LogP contribution in [0.4, 0.5) is 0 Å². The van der Waals surface area contributed by atoms with Crippen LogP contribution in [0.1, 0.15) is 39.0 Å². The van der Waals surface area contributed by atoms with Gasteiger partial charge in [-0.25, -0.2) is 0 Å². The fourth-order valence-corrected chi connectivity index (χ4v) is 1.80. The van der Waals surface area contributed by atoms with Crippen LogP contribution >= 0.6 is 0 Å². The summed E-state index contributed by atoms with van der Waals surface area (Å²) in [6.07, 6.45) is 6.22. The maximum atomic E-state index is 8.58. The number of aliphatic hydroxyl groups is 1. The second-order valence-electron chi connectivity index (χ2n) is 3.77. The minimum absolute atomic E-state index is 0.309. The Morgan fingerprint density at radius 2 is 2.00 bits per heavy atom. The summed E-state index contributed by atoms with van der Waals surface area (Å²) in [6.45, 7) is 3.56. The molecule has 0 unspecified atom stereocenters. The van der Waals surface area contributed by atoms with Gasteiger partial charge in [0.15, 0.2) is 0 Å². The summed E-state index contributed by atoms with van der Waals surface area (Å²) in [5.41, 5.74) is 0.384. The van der Waals surface area contributed by atoms with Crippen LogP contribution in [0.3, 0.4) is 0 Å². The first kappa shape index (κ1) is 9.01. The molecular formula is C9H19NO. The molecule has 1 rings (SSSR count). The maximum Gasteiger partial charge on any atom is 0.0443 e. The van der Waals surface area contributed by atoms with E-state index < -0.39 is 0 Å². The third-order valence-electron chi connectivity index (χ3n) is 2.59. The standard InChI is InChI=1S/C9H19NO/c1-9(5-2-3-6-9)10-7-4-8-11/h10-11H,2-8H2,1H3. The van der Waals surface area contributed by atoms with Gasteiger partial charge in [-0.3, -0.25) is 0 Å². The van der Waals surface area contributed by atoms with E-state index in [1.807, 2.05) is 0 Å². The molecule has 0 aromatic heterocycles. The van der Waals surface area contributed by atoms with Gasteiger partial charge in [-0.1, -0.05) is 12.8 Å². The summed E-state index contributed by atoms with van der Waals surface area (Å²) in [5.74, 6) is 0. The van der Waals surface area contributed by atoms with Crippen molar-refractivity contribution in [2.75, 3.05) is 13.2 Å². The summed E-state index contributed by atoms with van der Waals surface area (Å²) in [7, 11) is 0. The monoisotopic (exact) mass is 157 g/mol. The lowest BCUT2D eigenvalue weighted by Gasteiger charge is -2.25. The minimum Gasteiger partial charge on any atom is -0.396 e. The van der Waals surface area contributed by atoms with Crippen molar-refractivity contribution in [2.45, 2.75) is 44.6 Å². The van der Waals surface area contributed by atoms with E-state index in [0.29, 0.717) is 12.1 Å². The zero-order valence-electron chi connectivity index (χ0n) is 7.40. The predicted octanol–water partition coefficient (Wildman–Crippen LogP) is 1.29. The molecule has 1 aliphatic carbocycles. The summed E-state index contributed by atoms with van der Waals surface area (Å²) in [5, 5.41) is 12.1. The summed E-state index contributed by atoms with van der Waals surface area (Å²) in [4.78, 5) is 0. The van der Waals surface area contributed by atoms with E-state index in [1.54, 1.807) is 0 Å². The van der Waals surface area contributed by atoms with Crippen LogP contribution in [0.25, 0.3) is 0 Å². The van der Waals surface area contributed by atoms with E-state index in [9.17, 15) is 0 Å². The molecule has 11 heavy (non-hydrogen) atoms. The molecule has 66 valence electrons. The Kier molecular flexibility index (Phi) is 3.34. The lowest BCUT2D eigenvalue weighted by molar-refractivity contribution is 0.272. The molecule has 0 atom stereocenters. The molecule has 2 N–H and O–H groups in total. The molecule has 1 saturated carbocycles. The van der Waals surface area contributed by atoms with E-state index in [0.717, 1.165) is 13.0 Å². The van der Waals surface area contributed by atoms with Gasteiger partial charge >= 0.3 is 0 Å². The Labute approximate surface area is 69.0 Å². The summed E-state index contributed by atoms with van der Waals surface area (Å²) < 4.78 is 0. The zero-order chi connectivity index (χ0) is 8.16. The molecule has 0 heterocycles. The van der Waals surface area contributed by atoms with Crippen molar-refractivity contribution >= 4 is 0 Å². The second-order valence-corrected chi connectivity index (χ2v) is 3.77. The van der Waals surface area contributed by atoms with Crippen molar-refractivity contribution < 1.29 is 5.11 Å². The molecule has 0 saturated heterocycles. The average Bonchev–Trinajstić information content (AvgIpc) is 2.38. The topological polar surface area (TPSA) is 32.3 Å². The Morgan fingerprint density at radius 3 is 2.55 bits per heavy atom. The van der Waals surface area contributed by atoms with Crippen molar-refractivity contribution in [3.63, 3.8) is 0 Å². The van der Waals surface area contributed by atoms with Crippen molar-refractivity contribution in [3.05, 3.63) is 0 Å². The number of rotatable bonds is 4. The second kappa shape index (κ2) is 4.07. The molecular weight excluding hydrogens is 138 g/mol. The Morgan fingerprint density at radius 1 is 1.36 bits per heavy atom. The first-order valence-corrected chi connectivity index (χ1v) is 4.63. The van der Waals surface area contributed by atoms with Gasteiger partial charge in [0.25, 0.3) is 0 Å². The van der Waals surface area contributed by atoms with E-state index in [4.69, 9.17) is 5.11 Å². The van der Waals surface area contributed by atoms with Gasteiger partial charge in [-0.2, -0.15) is 0 Å². The van der Waals surface area contributed by atoms with Crippen LogP contribution in [-0.2, 0) is 0 Å². The quantitative estimate of drug-likeness (QED) is 0.603. The maximum absolute atomic E-state index is 8.58. The molecule has 2 heteroatoms. The van der Waals surface area contributed by atoms with Crippen LogP contribution in [0, 0.1) is 0 Å². The van der Waals surface area contributed by atoms with Gasteiger partial charge in [-0.05, 0) is 32.7 Å².